The summed E-state index contributed by atoms with van der Waals surface area (Å²) in [6, 6.07) is 2.92. The molecule has 0 atom stereocenters. The van der Waals surface area contributed by atoms with E-state index in [0.717, 1.165) is 11.8 Å². The summed E-state index contributed by atoms with van der Waals surface area (Å²) < 4.78 is 5.03. The summed E-state index contributed by atoms with van der Waals surface area (Å²) in [5.41, 5.74) is 0. The SMILES string of the molecule is O=C(O)c1ccc(Sc2ncc(Cl)cn2)o1. The summed E-state index contributed by atoms with van der Waals surface area (Å²) in [4.78, 5) is 18.4. The summed E-state index contributed by atoms with van der Waals surface area (Å²) in [5, 5.41) is 9.95. The van der Waals surface area contributed by atoms with E-state index in [2.05, 4.69) is 9.97 Å². The van der Waals surface area contributed by atoms with Crippen LogP contribution in [0.5, 0.6) is 0 Å². The van der Waals surface area contributed by atoms with Crippen LogP contribution in [0.1, 0.15) is 10.6 Å². The zero-order valence-corrected chi connectivity index (χ0v) is 9.33. The highest BCUT2D eigenvalue weighted by molar-refractivity contribution is 7.99. The number of carbonyl (C=O) groups is 1. The van der Waals surface area contributed by atoms with E-state index >= 15 is 0 Å². The summed E-state index contributed by atoms with van der Waals surface area (Å²) in [5.74, 6) is -1.22. The molecule has 1 N–H and O–H groups in total. The van der Waals surface area contributed by atoms with Gasteiger partial charge in [-0.3, -0.25) is 0 Å². The average Bonchev–Trinajstić information content (AvgIpc) is 2.70. The third kappa shape index (κ3) is 2.53. The highest BCUT2D eigenvalue weighted by atomic mass is 35.5. The number of carboxylic acids is 1. The molecule has 0 fully saturated rings. The molecule has 2 aromatic heterocycles. The van der Waals surface area contributed by atoms with Gasteiger partial charge in [-0.15, -0.1) is 0 Å². The number of hydrogen-bond donors (Lipinski definition) is 1. The number of hydrogen-bond acceptors (Lipinski definition) is 5. The van der Waals surface area contributed by atoms with E-state index in [1.54, 1.807) is 6.07 Å². The van der Waals surface area contributed by atoms with E-state index in [-0.39, 0.29) is 5.76 Å². The molecule has 0 unspecified atom stereocenters. The van der Waals surface area contributed by atoms with E-state index in [4.69, 9.17) is 21.1 Å². The Morgan fingerprint density at radius 2 is 2.06 bits per heavy atom. The fraction of sp³-hybridized carbons (Fsp3) is 0. The van der Waals surface area contributed by atoms with Gasteiger partial charge in [0, 0.05) is 0 Å². The van der Waals surface area contributed by atoms with Gasteiger partial charge in [0.15, 0.2) is 10.2 Å². The van der Waals surface area contributed by atoms with Crippen LogP contribution in [0.15, 0.2) is 39.2 Å². The first-order valence-electron chi connectivity index (χ1n) is 4.13. The molecule has 0 aliphatic heterocycles. The van der Waals surface area contributed by atoms with Crippen molar-refractivity contribution < 1.29 is 14.3 Å². The quantitative estimate of drug-likeness (QED) is 0.851. The molecule has 7 heteroatoms. The summed E-state index contributed by atoms with van der Waals surface area (Å²) in [7, 11) is 0. The van der Waals surface area contributed by atoms with Gasteiger partial charge in [0.05, 0.1) is 17.4 Å². The van der Waals surface area contributed by atoms with Gasteiger partial charge in [0.2, 0.25) is 5.76 Å². The highest BCUT2D eigenvalue weighted by Crippen LogP contribution is 2.26. The molecule has 82 valence electrons. The van der Waals surface area contributed by atoms with Crippen molar-refractivity contribution >= 4 is 29.3 Å². The number of halogens is 1. The first-order valence-corrected chi connectivity index (χ1v) is 5.33. The van der Waals surface area contributed by atoms with E-state index in [1.807, 2.05) is 0 Å². The van der Waals surface area contributed by atoms with Gasteiger partial charge < -0.3 is 9.52 Å². The third-order valence-electron chi connectivity index (χ3n) is 1.58. The van der Waals surface area contributed by atoms with Crippen molar-refractivity contribution in [2.75, 3.05) is 0 Å². The van der Waals surface area contributed by atoms with Gasteiger partial charge in [-0.05, 0) is 23.9 Å². The second-order valence-corrected chi connectivity index (χ2v) is 4.12. The maximum Gasteiger partial charge on any atom is 0.371 e. The van der Waals surface area contributed by atoms with Crippen molar-refractivity contribution in [1.29, 1.82) is 0 Å². The Hall–Kier alpha value is -1.53. The Kier molecular flexibility index (Phi) is 3.12. The molecule has 0 saturated heterocycles. The number of aromatic carboxylic acids is 1. The van der Waals surface area contributed by atoms with Crippen molar-refractivity contribution in [3.63, 3.8) is 0 Å². The minimum atomic E-state index is -1.11. The van der Waals surface area contributed by atoms with E-state index in [0.29, 0.717) is 15.3 Å². The van der Waals surface area contributed by atoms with Crippen LogP contribution in [0.2, 0.25) is 5.02 Å². The largest absolute Gasteiger partial charge is 0.475 e. The van der Waals surface area contributed by atoms with Crippen molar-refractivity contribution in [2.24, 2.45) is 0 Å². The minimum Gasteiger partial charge on any atom is -0.475 e. The highest BCUT2D eigenvalue weighted by Gasteiger charge is 2.10. The van der Waals surface area contributed by atoms with Crippen molar-refractivity contribution in [1.82, 2.24) is 9.97 Å². The Labute approximate surface area is 99.5 Å². The Morgan fingerprint density at radius 1 is 1.38 bits per heavy atom. The van der Waals surface area contributed by atoms with Gasteiger partial charge >= 0.3 is 5.97 Å². The molecule has 5 nitrogen and oxygen atoms in total. The first-order chi connectivity index (χ1) is 7.65. The molecule has 16 heavy (non-hydrogen) atoms. The molecule has 0 aromatic carbocycles. The van der Waals surface area contributed by atoms with E-state index in [1.165, 1.54) is 18.5 Å². The molecule has 0 aliphatic rings. The van der Waals surface area contributed by atoms with Gasteiger partial charge in [0.1, 0.15) is 0 Å². The molecule has 0 bridgehead atoms. The van der Waals surface area contributed by atoms with Gasteiger partial charge in [0.25, 0.3) is 0 Å². The smallest absolute Gasteiger partial charge is 0.371 e. The normalized spacial score (nSPS) is 10.3. The van der Waals surface area contributed by atoms with E-state index < -0.39 is 5.97 Å². The molecule has 0 radical (unpaired) electrons. The van der Waals surface area contributed by atoms with Crippen LogP contribution in [-0.2, 0) is 0 Å². The number of furan rings is 1. The average molecular weight is 257 g/mol. The predicted octanol–water partition coefficient (Wildman–Crippen LogP) is 2.57. The van der Waals surface area contributed by atoms with Gasteiger partial charge in [-0.1, -0.05) is 11.6 Å². The number of aromatic nitrogens is 2. The second kappa shape index (κ2) is 4.54. The monoisotopic (exact) mass is 256 g/mol. The van der Waals surface area contributed by atoms with Crippen molar-refractivity contribution in [3.05, 3.63) is 35.3 Å². The van der Waals surface area contributed by atoms with Crippen LogP contribution in [0.3, 0.4) is 0 Å². The van der Waals surface area contributed by atoms with Crippen LogP contribution >= 0.6 is 23.4 Å². The molecule has 0 spiro atoms. The standard InChI is InChI=1S/C9H5ClN2O3S/c10-5-3-11-9(12-4-5)16-7-2-1-6(15-7)8(13)14/h1-4H,(H,13,14). The molecule has 0 aliphatic carbocycles. The molecule has 0 amide bonds. The maximum atomic E-state index is 10.6. The topological polar surface area (TPSA) is 76.2 Å². The molecule has 0 saturated carbocycles. The van der Waals surface area contributed by atoms with Gasteiger partial charge in [-0.2, -0.15) is 0 Å². The fourth-order valence-corrected chi connectivity index (χ4v) is 1.69. The van der Waals surface area contributed by atoms with E-state index in [9.17, 15) is 4.79 Å². The Morgan fingerprint density at radius 3 is 2.62 bits per heavy atom. The lowest BCUT2D eigenvalue weighted by molar-refractivity contribution is 0.0656. The molecule has 2 heterocycles. The summed E-state index contributed by atoms with van der Waals surface area (Å²) in [6.45, 7) is 0. The van der Waals surface area contributed by atoms with Crippen LogP contribution in [0.25, 0.3) is 0 Å². The van der Waals surface area contributed by atoms with Crippen LogP contribution in [0, 0.1) is 0 Å². The summed E-state index contributed by atoms with van der Waals surface area (Å²) in [6.07, 6.45) is 2.91. The lowest BCUT2D eigenvalue weighted by Gasteiger charge is -1.95. The molecular weight excluding hydrogens is 252 g/mol. The van der Waals surface area contributed by atoms with Crippen LogP contribution in [-0.4, -0.2) is 21.0 Å². The predicted molar refractivity (Wildman–Crippen MR) is 56.8 cm³/mol. The van der Waals surface area contributed by atoms with Crippen LogP contribution < -0.4 is 0 Å². The van der Waals surface area contributed by atoms with Crippen molar-refractivity contribution in [2.45, 2.75) is 10.2 Å². The fourth-order valence-electron chi connectivity index (χ4n) is 0.933. The minimum absolute atomic E-state index is 0.114. The summed E-state index contributed by atoms with van der Waals surface area (Å²) >= 11 is 6.75. The maximum absolute atomic E-state index is 10.6. The third-order valence-corrected chi connectivity index (χ3v) is 2.59. The molecular formula is C9H5ClN2O3S. The number of rotatable bonds is 3. The zero-order chi connectivity index (χ0) is 11.5. The van der Waals surface area contributed by atoms with Crippen molar-refractivity contribution in [3.8, 4) is 0 Å². The lowest BCUT2D eigenvalue weighted by Crippen LogP contribution is -1.91. The lowest BCUT2D eigenvalue weighted by atomic mass is 10.5. The molecule has 2 aromatic rings. The Balaban J connectivity index is 2.14. The number of carboxylic acid groups (broad SMARTS) is 1. The zero-order valence-electron chi connectivity index (χ0n) is 7.75. The first kappa shape index (κ1) is 11.0. The number of nitrogens with zero attached hydrogens (tertiary/aromatic N) is 2. The van der Waals surface area contributed by atoms with Gasteiger partial charge in [-0.25, -0.2) is 14.8 Å². The molecule has 2 rings (SSSR count). The second-order valence-electron chi connectivity index (χ2n) is 2.71. The Bertz CT molecular complexity index is 512. The van der Waals surface area contributed by atoms with Crippen LogP contribution in [0.4, 0.5) is 0 Å².